The van der Waals surface area contributed by atoms with Crippen molar-refractivity contribution in [1.29, 1.82) is 0 Å². The lowest BCUT2D eigenvalue weighted by molar-refractivity contribution is 0.177. The highest BCUT2D eigenvalue weighted by atomic mass is 32.1. The van der Waals surface area contributed by atoms with Crippen LogP contribution in [0.5, 0.6) is 0 Å². The van der Waals surface area contributed by atoms with Crippen molar-refractivity contribution < 1.29 is 9.13 Å². The predicted molar refractivity (Wildman–Crippen MR) is 79.6 cm³/mol. The summed E-state index contributed by atoms with van der Waals surface area (Å²) in [6, 6.07) is 6.74. The van der Waals surface area contributed by atoms with E-state index in [1.54, 1.807) is 19.2 Å². The van der Waals surface area contributed by atoms with Crippen LogP contribution in [-0.2, 0) is 4.74 Å². The molecular weight excluding hydrogens is 263 g/mol. The number of nitrogens with zero attached hydrogens (tertiary/aromatic N) is 1. The molecule has 1 N–H and O–H groups in total. The van der Waals surface area contributed by atoms with Crippen LogP contribution in [0.1, 0.15) is 25.5 Å². The zero-order chi connectivity index (χ0) is 14.4. The van der Waals surface area contributed by atoms with Gasteiger partial charge >= 0.3 is 0 Å². The number of hydrogen-bond donors (Lipinski definition) is 1. The van der Waals surface area contributed by atoms with E-state index in [1.807, 2.05) is 31.9 Å². The molecule has 1 rings (SSSR count). The second-order valence-corrected chi connectivity index (χ2v) is 5.00. The van der Waals surface area contributed by atoms with Crippen LogP contribution in [0.15, 0.2) is 24.3 Å². The molecule has 5 heteroatoms. The number of rotatable bonds is 5. The fraction of sp³-hybridized carbons (Fsp3) is 0.500. The van der Waals surface area contributed by atoms with Gasteiger partial charge in [0.15, 0.2) is 5.11 Å². The minimum atomic E-state index is -0.213. The van der Waals surface area contributed by atoms with Gasteiger partial charge in [-0.1, -0.05) is 18.2 Å². The summed E-state index contributed by atoms with van der Waals surface area (Å²) in [6.07, 6.45) is 0. The summed E-state index contributed by atoms with van der Waals surface area (Å²) in [5, 5.41) is 3.74. The van der Waals surface area contributed by atoms with E-state index >= 15 is 0 Å². The molecule has 0 aromatic heterocycles. The summed E-state index contributed by atoms with van der Waals surface area (Å²) < 4.78 is 18.8. The summed E-state index contributed by atoms with van der Waals surface area (Å²) in [5.41, 5.74) is 0.633. The van der Waals surface area contributed by atoms with E-state index < -0.39 is 0 Å². The molecule has 0 aliphatic rings. The Morgan fingerprint density at radius 3 is 2.63 bits per heavy atom. The monoisotopic (exact) mass is 284 g/mol. The van der Waals surface area contributed by atoms with Gasteiger partial charge in [0, 0.05) is 25.8 Å². The van der Waals surface area contributed by atoms with Gasteiger partial charge < -0.3 is 15.0 Å². The van der Waals surface area contributed by atoms with Gasteiger partial charge in [0.1, 0.15) is 5.82 Å². The molecule has 0 aliphatic heterocycles. The Labute approximate surface area is 119 Å². The minimum Gasteiger partial charge on any atom is -0.383 e. The zero-order valence-corrected chi connectivity index (χ0v) is 12.6. The van der Waals surface area contributed by atoms with Crippen LogP contribution in [0.25, 0.3) is 0 Å². The highest BCUT2D eigenvalue weighted by Crippen LogP contribution is 2.21. The van der Waals surface area contributed by atoms with E-state index in [9.17, 15) is 4.39 Å². The van der Waals surface area contributed by atoms with Gasteiger partial charge in [-0.2, -0.15) is 0 Å². The molecule has 1 aromatic rings. The van der Waals surface area contributed by atoms with Crippen molar-refractivity contribution in [2.45, 2.75) is 25.9 Å². The third-order valence-electron chi connectivity index (χ3n) is 3.04. The van der Waals surface area contributed by atoms with Crippen LogP contribution in [0, 0.1) is 5.82 Å². The lowest BCUT2D eigenvalue weighted by atomic mass is 10.1. The first-order valence-electron chi connectivity index (χ1n) is 6.24. The van der Waals surface area contributed by atoms with Crippen molar-refractivity contribution in [3.63, 3.8) is 0 Å². The van der Waals surface area contributed by atoms with Crippen LogP contribution in [0.2, 0.25) is 0 Å². The third kappa shape index (κ3) is 4.44. The average Bonchev–Trinajstić information content (AvgIpc) is 2.37. The molecule has 0 saturated heterocycles. The molecule has 3 nitrogen and oxygen atoms in total. The van der Waals surface area contributed by atoms with Crippen LogP contribution in [0.3, 0.4) is 0 Å². The predicted octanol–water partition coefficient (Wildman–Crippen LogP) is 2.73. The molecule has 0 radical (unpaired) electrons. The van der Waals surface area contributed by atoms with Crippen molar-refractivity contribution in [2.24, 2.45) is 0 Å². The number of ether oxygens (including phenoxy) is 1. The Kier molecular flexibility index (Phi) is 6.18. The van der Waals surface area contributed by atoms with E-state index in [-0.39, 0.29) is 17.9 Å². The molecule has 1 aromatic carbocycles. The first-order chi connectivity index (χ1) is 8.97. The van der Waals surface area contributed by atoms with E-state index in [0.29, 0.717) is 17.3 Å². The Hall–Kier alpha value is -1.20. The molecule has 19 heavy (non-hydrogen) atoms. The fourth-order valence-corrected chi connectivity index (χ4v) is 2.16. The van der Waals surface area contributed by atoms with Crippen LogP contribution >= 0.6 is 12.2 Å². The van der Waals surface area contributed by atoms with Gasteiger partial charge in [-0.15, -0.1) is 0 Å². The van der Waals surface area contributed by atoms with E-state index in [1.165, 1.54) is 6.07 Å². The van der Waals surface area contributed by atoms with Crippen LogP contribution < -0.4 is 5.32 Å². The van der Waals surface area contributed by atoms with Gasteiger partial charge in [-0.3, -0.25) is 0 Å². The maximum absolute atomic E-state index is 13.7. The van der Waals surface area contributed by atoms with Gasteiger partial charge in [0.05, 0.1) is 12.6 Å². The SMILES string of the molecule is COCC(C)NC(=S)N(C)C(C)c1ccccc1F. The molecule has 2 unspecified atom stereocenters. The minimum absolute atomic E-state index is 0.118. The third-order valence-corrected chi connectivity index (χ3v) is 3.45. The largest absolute Gasteiger partial charge is 0.383 e. The van der Waals surface area contributed by atoms with E-state index in [0.717, 1.165) is 0 Å². The number of hydrogen-bond acceptors (Lipinski definition) is 2. The summed E-state index contributed by atoms with van der Waals surface area (Å²) in [7, 11) is 3.50. The molecule has 106 valence electrons. The molecule has 0 spiro atoms. The molecular formula is C14H21FN2OS. The van der Waals surface area contributed by atoms with Crippen LogP contribution in [-0.4, -0.2) is 36.8 Å². The highest BCUT2D eigenvalue weighted by Gasteiger charge is 2.18. The molecule has 0 amide bonds. The maximum Gasteiger partial charge on any atom is 0.169 e. The molecule has 0 bridgehead atoms. The van der Waals surface area contributed by atoms with Gasteiger partial charge in [0.2, 0.25) is 0 Å². The van der Waals surface area contributed by atoms with Crippen molar-refractivity contribution in [1.82, 2.24) is 10.2 Å². The molecule has 0 fully saturated rings. The second-order valence-electron chi connectivity index (χ2n) is 4.61. The highest BCUT2D eigenvalue weighted by molar-refractivity contribution is 7.80. The zero-order valence-electron chi connectivity index (χ0n) is 11.8. The Morgan fingerprint density at radius 2 is 2.05 bits per heavy atom. The van der Waals surface area contributed by atoms with Gasteiger partial charge in [-0.05, 0) is 32.1 Å². The van der Waals surface area contributed by atoms with Gasteiger partial charge in [-0.25, -0.2) is 4.39 Å². The van der Waals surface area contributed by atoms with Crippen molar-refractivity contribution >= 4 is 17.3 Å². The summed E-state index contributed by atoms with van der Waals surface area (Å²) in [4.78, 5) is 1.85. The standard InChI is InChI=1S/C14H21FN2OS/c1-10(9-18-4)16-14(19)17(3)11(2)12-7-5-6-8-13(12)15/h5-8,10-11H,9H2,1-4H3,(H,16,19). The van der Waals surface area contributed by atoms with E-state index in [2.05, 4.69) is 5.32 Å². The molecule has 0 saturated carbocycles. The molecule has 2 atom stereocenters. The van der Waals surface area contributed by atoms with E-state index in [4.69, 9.17) is 17.0 Å². The Balaban J connectivity index is 2.69. The number of halogens is 1. The Morgan fingerprint density at radius 1 is 1.42 bits per heavy atom. The lowest BCUT2D eigenvalue weighted by Gasteiger charge is -2.30. The second kappa shape index (κ2) is 7.40. The Bertz CT molecular complexity index is 428. The molecule has 0 aliphatic carbocycles. The first kappa shape index (κ1) is 15.9. The van der Waals surface area contributed by atoms with Crippen LogP contribution in [0.4, 0.5) is 4.39 Å². The van der Waals surface area contributed by atoms with Crippen molar-refractivity contribution in [3.8, 4) is 0 Å². The lowest BCUT2D eigenvalue weighted by Crippen LogP contribution is -2.44. The first-order valence-corrected chi connectivity index (χ1v) is 6.64. The smallest absolute Gasteiger partial charge is 0.169 e. The van der Waals surface area contributed by atoms with Gasteiger partial charge in [0.25, 0.3) is 0 Å². The molecule has 0 heterocycles. The topological polar surface area (TPSA) is 24.5 Å². The fourth-order valence-electron chi connectivity index (χ4n) is 1.80. The summed E-state index contributed by atoms with van der Waals surface area (Å²) in [6.45, 7) is 4.48. The average molecular weight is 284 g/mol. The number of benzene rings is 1. The summed E-state index contributed by atoms with van der Waals surface area (Å²) in [5.74, 6) is -0.213. The number of thiocarbonyl (C=S) groups is 1. The quantitative estimate of drug-likeness (QED) is 0.840. The van der Waals surface area contributed by atoms with Crippen molar-refractivity contribution in [2.75, 3.05) is 20.8 Å². The summed E-state index contributed by atoms with van der Waals surface area (Å²) >= 11 is 5.32. The van der Waals surface area contributed by atoms with Crippen molar-refractivity contribution in [3.05, 3.63) is 35.6 Å². The number of methoxy groups -OCH3 is 1. The maximum atomic E-state index is 13.7. The number of nitrogens with one attached hydrogen (secondary N) is 1. The normalized spacial score (nSPS) is 13.7.